The Morgan fingerprint density at radius 3 is 2.56 bits per heavy atom. The highest BCUT2D eigenvalue weighted by molar-refractivity contribution is 7.89. The van der Waals surface area contributed by atoms with Crippen LogP contribution in [0, 0.1) is 0 Å². The molecule has 186 valence electrons. The lowest BCUT2D eigenvalue weighted by molar-refractivity contribution is -0.117. The van der Waals surface area contributed by atoms with Crippen LogP contribution in [0.4, 0.5) is 4.79 Å². The average Bonchev–Trinajstić information content (AvgIpc) is 3.23. The van der Waals surface area contributed by atoms with Crippen molar-refractivity contribution in [1.82, 2.24) is 15.0 Å². The van der Waals surface area contributed by atoms with Crippen LogP contribution in [-0.2, 0) is 26.0 Å². The highest BCUT2D eigenvalue weighted by atomic mass is 32.2. The first-order chi connectivity index (χ1) is 16.1. The normalized spacial score (nSPS) is 18.6. The molecule has 0 atom stereocenters. The molecule has 2 amide bonds. The van der Waals surface area contributed by atoms with Crippen LogP contribution in [0.3, 0.4) is 0 Å². The molecule has 1 aliphatic rings. The van der Waals surface area contributed by atoms with Crippen molar-refractivity contribution < 1.29 is 22.7 Å². The molecule has 11 heteroatoms. The summed E-state index contributed by atoms with van der Waals surface area (Å²) in [7, 11) is -3.77. The fourth-order valence-electron chi connectivity index (χ4n) is 4.07. The predicted octanol–water partition coefficient (Wildman–Crippen LogP) is 3.30. The number of alkyl carbamates (subject to hydrolysis) is 1. The number of amides is 2. The van der Waals surface area contributed by atoms with E-state index in [-0.39, 0.29) is 42.0 Å². The van der Waals surface area contributed by atoms with Gasteiger partial charge in [0.05, 0.1) is 27.3 Å². The van der Waals surface area contributed by atoms with E-state index in [2.05, 4.69) is 15.0 Å². The number of sulfonamides is 1. The molecule has 0 unspecified atom stereocenters. The Bertz CT molecular complexity index is 1120. The molecule has 1 fully saturated rings. The molecule has 0 radical (unpaired) electrons. The summed E-state index contributed by atoms with van der Waals surface area (Å²) in [6.07, 6.45) is 4.53. The van der Waals surface area contributed by atoms with Gasteiger partial charge in [0.25, 0.3) is 0 Å². The van der Waals surface area contributed by atoms with Crippen molar-refractivity contribution in [3.05, 3.63) is 35.0 Å². The standard InChI is InChI=1S/C23H32N4O5S2/c1-4-26-34(30,31)20-11-15(12-21(24)28)5-10-18(20)19-13-25-22(33-19)16-6-8-17(9-7-16)27-23(29)32-14(2)3/h5,10-11,13-14,16-17,26H,4,6-9,12H2,1-3H3,(H2,24,28)(H,27,29)/t16-,17-. The third-order valence-corrected chi connectivity index (χ3v) is 8.36. The number of carbonyl (C=O) groups excluding carboxylic acids is 2. The SMILES string of the molecule is CCNS(=O)(=O)c1cc(CC(N)=O)ccc1-c1cnc([C@H]2CC[C@H](NC(=O)OC(C)C)CC2)s1. The third-order valence-electron chi connectivity index (χ3n) is 5.58. The molecule has 1 aliphatic carbocycles. The highest BCUT2D eigenvalue weighted by Crippen LogP contribution is 2.39. The number of nitrogens with zero attached hydrogens (tertiary/aromatic N) is 1. The minimum Gasteiger partial charge on any atom is -0.447 e. The van der Waals surface area contributed by atoms with E-state index < -0.39 is 15.9 Å². The zero-order valence-electron chi connectivity index (χ0n) is 19.7. The van der Waals surface area contributed by atoms with Gasteiger partial charge in [0.15, 0.2) is 0 Å². The molecule has 1 heterocycles. The molecule has 0 aliphatic heterocycles. The zero-order chi connectivity index (χ0) is 24.9. The van der Waals surface area contributed by atoms with Gasteiger partial charge in [0.1, 0.15) is 0 Å². The monoisotopic (exact) mass is 508 g/mol. The van der Waals surface area contributed by atoms with E-state index in [4.69, 9.17) is 10.5 Å². The molecule has 2 aromatic rings. The summed E-state index contributed by atoms with van der Waals surface area (Å²) in [5.74, 6) is -0.275. The Labute approximate surface area is 204 Å². The Morgan fingerprint density at radius 1 is 1.24 bits per heavy atom. The maximum absolute atomic E-state index is 12.9. The first-order valence-corrected chi connectivity index (χ1v) is 13.7. The van der Waals surface area contributed by atoms with E-state index in [1.807, 2.05) is 13.8 Å². The summed E-state index contributed by atoms with van der Waals surface area (Å²) in [6.45, 7) is 5.59. The summed E-state index contributed by atoms with van der Waals surface area (Å²) in [5, 5.41) is 3.87. The van der Waals surface area contributed by atoms with Crippen LogP contribution in [0.1, 0.15) is 62.9 Å². The van der Waals surface area contributed by atoms with Crippen LogP contribution < -0.4 is 15.8 Å². The van der Waals surface area contributed by atoms with Crippen molar-refractivity contribution in [3.8, 4) is 10.4 Å². The molecular formula is C23H32N4O5S2. The van der Waals surface area contributed by atoms with Gasteiger partial charge in [0.2, 0.25) is 15.9 Å². The van der Waals surface area contributed by atoms with E-state index in [0.717, 1.165) is 35.6 Å². The summed E-state index contributed by atoms with van der Waals surface area (Å²) in [4.78, 5) is 28.6. The van der Waals surface area contributed by atoms with Gasteiger partial charge in [-0.2, -0.15) is 0 Å². The largest absolute Gasteiger partial charge is 0.447 e. The average molecular weight is 509 g/mol. The summed E-state index contributed by atoms with van der Waals surface area (Å²) in [5.41, 5.74) is 6.38. The van der Waals surface area contributed by atoms with Gasteiger partial charge in [-0.15, -0.1) is 11.3 Å². The number of hydrogen-bond acceptors (Lipinski definition) is 7. The second-order valence-corrected chi connectivity index (χ2v) is 11.5. The van der Waals surface area contributed by atoms with Crippen LogP contribution in [0.5, 0.6) is 0 Å². The van der Waals surface area contributed by atoms with Crippen molar-refractivity contribution in [2.24, 2.45) is 5.73 Å². The number of hydrogen-bond donors (Lipinski definition) is 3. The minimum atomic E-state index is -3.77. The van der Waals surface area contributed by atoms with Gasteiger partial charge in [-0.05, 0) is 51.2 Å². The van der Waals surface area contributed by atoms with E-state index >= 15 is 0 Å². The van der Waals surface area contributed by atoms with E-state index in [0.29, 0.717) is 11.1 Å². The van der Waals surface area contributed by atoms with Crippen LogP contribution >= 0.6 is 11.3 Å². The molecule has 34 heavy (non-hydrogen) atoms. The van der Waals surface area contributed by atoms with Crippen molar-refractivity contribution in [2.45, 2.75) is 75.8 Å². The van der Waals surface area contributed by atoms with Gasteiger partial charge in [-0.3, -0.25) is 4.79 Å². The van der Waals surface area contributed by atoms with Gasteiger partial charge in [-0.25, -0.2) is 22.9 Å². The molecular weight excluding hydrogens is 476 g/mol. The number of carbonyl (C=O) groups is 2. The molecule has 9 nitrogen and oxygen atoms in total. The number of aromatic nitrogens is 1. The number of benzene rings is 1. The summed E-state index contributed by atoms with van der Waals surface area (Å²) < 4.78 is 33.4. The Hall–Kier alpha value is -2.50. The van der Waals surface area contributed by atoms with E-state index in [9.17, 15) is 18.0 Å². The van der Waals surface area contributed by atoms with Crippen molar-refractivity contribution in [2.75, 3.05) is 6.54 Å². The Kier molecular flexibility index (Phi) is 8.67. The van der Waals surface area contributed by atoms with Crippen molar-refractivity contribution in [1.29, 1.82) is 0 Å². The lowest BCUT2D eigenvalue weighted by atomic mass is 9.86. The zero-order valence-corrected chi connectivity index (χ0v) is 21.3. The number of rotatable bonds is 9. The van der Waals surface area contributed by atoms with Crippen molar-refractivity contribution >= 4 is 33.4 Å². The Balaban J connectivity index is 1.77. The van der Waals surface area contributed by atoms with Crippen LogP contribution in [-0.4, -0.2) is 44.1 Å². The first-order valence-electron chi connectivity index (χ1n) is 11.4. The third kappa shape index (κ3) is 6.77. The predicted molar refractivity (Wildman–Crippen MR) is 131 cm³/mol. The quantitative estimate of drug-likeness (QED) is 0.475. The molecule has 1 aromatic carbocycles. The Morgan fingerprint density at radius 2 is 1.94 bits per heavy atom. The molecule has 0 spiro atoms. The number of primary amides is 1. The highest BCUT2D eigenvalue weighted by Gasteiger charge is 2.27. The van der Waals surface area contributed by atoms with E-state index in [1.54, 1.807) is 25.3 Å². The molecule has 1 aromatic heterocycles. The number of ether oxygens (including phenoxy) is 1. The smallest absolute Gasteiger partial charge is 0.407 e. The fourth-order valence-corrected chi connectivity index (χ4v) is 6.57. The van der Waals surface area contributed by atoms with Gasteiger partial charge in [0, 0.05) is 30.3 Å². The fraction of sp³-hybridized carbons (Fsp3) is 0.522. The molecule has 3 rings (SSSR count). The lowest BCUT2D eigenvalue weighted by Crippen LogP contribution is -2.38. The minimum absolute atomic E-state index is 0.0369. The molecule has 0 bridgehead atoms. The second kappa shape index (κ2) is 11.3. The van der Waals surface area contributed by atoms with Gasteiger partial charge >= 0.3 is 6.09 Å². The molecule has 0 saturated heterocycles. The topological polar surface area (TPSA) is 140 Å². The second-order valence-electron chi connectivity index (χ2n) is 8.68. The number of thiazole rings is 1. The maximum atomic E-state index is 12.9. The number of nitrogens with one attached hydrogen (secondary N) is 2. The van der Waals surface area contributed by atoms with Gasteiger partial charge in [-0.1, -0.05) is 19.1 Å². The van der Waals surface area contributed by atoms with Crippen molar-refractivity contribution in [3.63, 3.8) is 0 Å². The molecule has 4 N–H and O–H groups in total. The maximum Gasteiger partial charge on any atom is 0.407 e. The van der Waals surface area contributed by atoms with E-state index in [1.165, 1.54) is 17.4 Å². The summed E-state index contributed by atoms with van der Waals surface area (Å²) in [6, 6.07) is 5.01. The van der Waals surface area contributed by atoms with Gasteiger partial charge < -0.3 is 15.8 Å². The summed E-state index contributed by atoms with van der Waals surface area (Å²) >= 11 is 1.48. The lowest BCUT2D eigenvalue weighted by Gasteiger charge is -2.28. The first kappa shape index (κ1) is 26.1. The van der Waals surface area contributed by atoms with Crippen LogP contribution in [0.25, 0.3) is 10.4 Å². The van der Waals surface area contributed by atoms with Crippen LogP contribution in [0.15, 0.2) is 29.3 Å². The molecule has 1 saturated carbocycles. The number of nitrogens with two attached hydrogens (primary N) is 1. The van der Waals surface area contributed by atoms with Crippen LogP contribution in [0.2, 0.25) is 0 Å².